The summed E-state index contributed by atoms with van der Waals surface area (Å²) in [7, 11) is 0. The number of aromatic nitrogens is 1. The summed E-state index contributed by atoms with van der Waals surface area (Å²) in [6.45, 7) is 7.21. The van der Waals surface area contributed by atoms with E-state index >= 15 is 0 Å². The van der Waals surface area contributed by atoms with Gasteiger partial charge in [0, 0.05) is 32.2 Å². The van der Waals surface area contributed by atoms with Gasteiger partial charge in [-0.15, -0.1) is 0 Å². The van der Waals surface area contributed by atoms with Crippen molar-refractivity contribution in [3.8, 4) is 5.75 Å². The van der Waals surface area contributed by atoms with Gasteiger partial charge in [-0.1, -0.05) is 33.1 Å². The quantitative estimate of drug-likeness (QED) is 0.628. The van der Waals surface area contributed by atoms with Crippen LogP contribution in [0.2, 0.25) is 0 Å². The minimum absolute atomic E-state index is 0.145. The van der Waals surface area contributed by atoms with Crippen LogP contribution in [0.1, 0.15) is 76.2 Å². The number of unbranched alkanes of at least 4 members (excludes halogenated alkanes) is 1. The Morgan fingerprint density at radius 3 is 2.80 bits per heavy atom. The van der Waals surface area contributed by atoms with E-state index in [0.29, 0.717) is 18.2 Å². The van der Waals surface area contributed by atoms with Gasteiger partial charge in [0.15, 0.2) is 17.8 Å². The zero-order valence-electron chi connectivity index (χ0n) is 15.8. The molecule has 1 aromatic heterocycles. The standard InChI is InChI=1S/C20H31NO4/c1-4-6-9-16(5-2)14-21-12-11-17(23)20(19(21)15(3)22)25-18-10-7-8-13-24-18/h11-12,16,18H,4-10,13-14H2,1-3H3. The fourth-order valence-electron chi connectivity index (χ4n) is 3.31. The van der Waals surface area contributed by atoms with Gasteiger partial charge in [0.25, 0.3) is 0 Å². The predicted molar refractivity (Wildman–Crippen MR) is 98.2 cm³/mol. The number of Topliss-reactive ketones (excluding diaryl/α,β-unsaturated/α-hetero) is 1. The van der Waals surface area contributed by atoms with E-state index in [0.717, 1.165) is 45.1 Å². The van der Waals surface area contributed by atoms with Crippen molar-refractivity contribution < 1.29 is 14.3 Å². The lowest BCUT2D eigenvalue weighted by molar-refractivity contribution is -0.106. The summed E-state index contributed by atoms with van der Waals surface area (Å²) >= 11 is 0. The number of carbonyl (C=O) groups is 1. The van der Waals surface area contributed by atoms with E-state index in [1.54, 1.807) is 6.20 Å². The van der Waals surface area contributed by atoms with Gasteiger partial charge in [-0.25, -0.2) is 0 Å². The summed E-state index contributed by atoms with van der Waals surface area (Å²) in [6, 6.07) is 1.50. The van der Waals surface area contributed by atoms with Crippen LogP contribution in [0.4, 0.5) is 0 Å². The molecule has 0 aromatic carbocycles. The largest absolute Gasteiger partial charge is 0.458 e. The zero-order chi connectivity index (χ0) is 18.2. The van der Waals surface area contributed by atoms with E-state index in [1.807, 2.05) is 4.57 Å². The normalized spacial score (nSPS) is 18.8. The van der Waals surface area contributed by atoms with Crippen molar-refractivity contribution in [1.82, 2.24) is 4.57 Å². The summed E-state index contributed by atoms with van der Waals surface area (Å²) in [6.07, 6.45) is 8.56. The fraction of sp³-hybridized carbons (Fsp3) is 0.700. The van der Waals surface area contributed by atoms with E-state index in [-0.39, 0.29) is 17.0 Å². The third-order valence-electron chi connectivity index (χ3n) is 4.85. The summed E-state index contributed by atoms with van der Waals surface area (Å²) in [4.78, 5) is 24.6. The predicted octanol–water partition coefficient (Wildman–Crippen LogP) is 4.17. The molecule has 2 atom stereocenters. The third-order valence-corrected chi connectivity index (χ3v) is 4.85. The molecule has 1 saturated heterocycles. The number of hydrogen-bond donors (Lipinski definition) is 0. The van der Waals surface area contributed by atoms with Crippen molar-refractivity contribution in [3.63, 3.8) is 0 Å². The molecule has 2 heterocycles. The smallest absolute Gasteiger partial charge is 0.224 e. The molecule has 1 aliphatic heterocycles. The van der Waals surface area contributed by atoms with Gasteiger partial charge in [-0.2, -0.15) is 0 Å². The van der Waals surface area contributed by atoms with Gasteiger partial charge in [-0.3, -0.25) is 9.59 Å². The van der Waals surface area contributed by atoms with Crippen LogP contribution in [0.3, 0.4) is 0 Å². The summed E-state index contributed by atoms with van der Waals surface area (Å²) < 4.78 is 13.3. The van der Waals surface area contributed by atoms with Crippen molar-refractivity contribution in [2.75, 3.05) is 6.61 Å². The lowest BCUT2D eigenvalue weighted by Crippen LogP contribution is -2.30. The van der Waals surface area contributed by atoms with Crippen LogP contribution >= 0.6 is 0 Å². The van der Waals surface area contributed by atoms with E-state index in [9.17, 15) is 9.59 Å². The molecule has 0 radical (unpaired) electrons. The molecule has 5 heteroatoms. The van der Waals surface area contributed by atoms with E-state index < -0.39 is 6.29 Å². The Morgan fingerprint density at radius 1 is 1.40 bits per heavy atom. The molecule has 0 bridgehead atoms. The first-order valence-electron chi connectivity index (χ1n) is 9.59. The summed E-state index contributed by atoms with van der Waals surface area (Å²) in [5, 5.41) is 0. The maximum Gasteiger partial charge on any atom is 0.224 e. The van der Waals surface area contributed by atoms with Crippen LogP contribution < -0.4 is 10.2 Å². The maximum atomic E-state index is 12.4. The number of ketones is 1. The van der Waals surface area contributed by atoms with Crippen LogP contribution in [0.15, 0.2) is 17.1 Å². The number of pyridine rings is 1. The molecule has 25 heavy (non-hydrogen) atoms. The van der Waals surface area contributed by atoms with Crippen LogP contribution in [0, 0.1) is 5.92 Å². The van der Waals surface area contributed by atoms with Crippen LogP contribution in [-0.2, 0) is 11.3 Å². The molecular weight excluding hydrogens is 318 g/mol. The third kappa shape index (κ3) is 5.43. The number of ether oxygens (including phenoxy) is 2. The van der Waals surface area contributed by atoms with Crippen molar-refractivity contribution in [2.45, 2.75) is 78.6 Å². The minimum Gasteiger partial charge on any atom is -0.458 e. The lowest BCUT2D eigenvalue weighted by atomic mass is 9.99. The highest BCUT2D eigenvalue weighted by Gasteiger charge is 2.23. The van der Waals surface area contributed by atoms with Gasteiger partial charge in [-0.05, 0) is 25.2 Å². The number of nitrogens with zero attached hydrogens (tertiary/aromatic N) is 1. The highest BCUT2D eigenvalue weighted by atomic mass is 16.7. The Labute approximate surface area is 150 Å². The molecule has 1 fully saturated rings. The van der Waals surface area contributed by atoms with Gasteiger partial charge in [0.05, 0.1) is 6.61 Å². The zero-order valence-corrected chi connectivity index (χ0v) is 15.8. The van der Waals surface area contributed by atoms with E-state index in [1.165, 1.54) is 19.4 Å². The molecule has 1 aromatic rings. The summed E-state index contributed by atoms with van der Waals surface area (Å²) in [5.74, 6) is 0.487. The molecule has 0 N–H and O–H groups in total. The van der Waals surface area contributed by atoms with Gasteiger partial charge >= 0.3 is 0 Å². The van der Waals surface area contributed by atoms with Crippen molar-refractivity contribution in [3.05, 3.63) is 28.2 Å². The Kier molecular flexibility index (Phi) is 7.69. The molecule has 2 unspecified atom stereocenters. The number of carbonyl (C=O) groups excluding carboxylic acids is 1. The molecule has 5 nitrogen and oxygen atoms in total. The Hall–Kier alpha value is -1.62. The average molecular weight is 349 g/mol. The Balaban J connectivity index is 2.28. The molecule has 0 amide bonds. The van der Waals surface area contributed by atoms with E-state index in [4.69, 9.17) is 9.47 Å². The minimum atomic E-state index is -0.433. The second kappa shape index (κ2) is 9.76. The van der Waals surface area contributed by atoms with Gasteiger partial charge < -0.3 is 14.0 Å². The lowest BCUT2D eigenvalue weighted by Gasteiger charge is -2.25. The molecule has 0 saturated carbocycles. The monoisotopic (exact) mass is 349 g/mol. The molecule has 0 spiro atoms. The molecule has 1 aliphatic rings. The second-order valence-electron chi connectivity index (χ2n) is 6.90. The molecule has 140 valence electrons. The average Bonchev–Trinajstić information content (AvgIpc) is 2.61. The summed E-state index contributed by atoms with van der Waals surface area (Å²) in [5.41, 5.74) is 0.119. The Morgan fingerprint density at radius 2 is 2.20 bits per heavy atom. The maximum absolute atomic E-state index is 12.4. The topological polar surface area (TPSA) is 57.5 Å². The van der Waals surface area contributed by atoms with Crippen molar-refractivity contribution in [2.24, 2.45) is 5.92 Å². The first-order chi connectivity index (χ1) is 12.1. The highest BCUT2D eigenvalue weighted by Crippen LogP contribution is 2.23. The SMILES string of the molecule is CCCCC(CC)Cn1ccc(=O)c(OC2CCCCO2)c1C(C)=O. The van der Waals surface area contributed by atoms with Crippen LogP contribution in [-0.4, -0.2) is 23.2 Å². The number of rotatable bonds is 9. The van der Waals surface area contributed by atoms with Gasteiger partial charge in [0.1, 0.15) is 5.69 Å². The van der Waals surface area contributed by atoms with E-state index in [2.05, 4.69) is 13.8 Å². The molecular formula is C20H31NO4. The van der Waals surface area contributed by atoms with Crippen LogP contribution in [0.5, 0.6) is 5.75 Å². The highest BCUT2D eigenvalue weighted by molar-refractivity contribution is 5.95. The van der Waals surface area contributed by atoms with Gasteiger partial charge in [0.2, 0.25) is 5.43 Å². The second-order valence-corrected chi connectivity index (χ2v) is 6.90. The van der Waals surface area contributed by atoms with Crippen LogP contribution in [0.25, 0.3) is 0 Å². The van der Waals surface area contributed by atoms with Crippen molar-refractivity contribution >= 4 is 5.78 Å². The van der Waals surface area contributed by atoms with Crippen molar-refractivity contribution in [1.29, 1.82) is 0 Å². The first kappa shape index (κ1) is 19.7. The molecule has 2 rings (SSSR count). The molecule has 0 aliphatic carbocycles. The fourth-order valence-corrected chi connectivity index (χ4v) is 3.31. The first-order valence-corrected chi connectivity index (χ1v) is 9.59. The number of hydrogen-bond acceptors (Lipinski definition) is 4. The Bertz CT molecular complexity index is 617.